The minimum Gasteiger partial charge on any atom is -0.383 e. The molecule has 13 heavy (non-hydrogen) atoms. The summed E-state index contributed by atoms with van der Waals surface area (Å²) in [6.07, 6.45) is 0. The quantitative estimate of drug-likeness (QED) is 0.605. The Morgan fingerprint density at radius 2 is 1.85 bits per heavy atom. The molecule has 1 aromatic carbocycles. The average Bonchev–Trinajstić information content (AvgIpc) is 2.03. The van der Waals surface area contributed by atoms with Crippen LogP contribution in [-0.2, 0) is 4.84 Å². The highest BCUT2D eigenvalue weighted by molar-refractivity contribution is 6.35. The molecule has 0 saturated carbocycles. The molecule has 0 aliphatic rings. The van der Waals surface area contributed by atoms with Gasteiger partial charge in [0.25, 0.3) is 0 Å². The molecule has 0 bridgehead atoms. The monoisotopic (exact) mass is 220 g/mol. The second kappa shape index (κ2) is 5.29. The standard InChI is InChI=1S/C8H10Cl2N2O/c9-6-3-7(10)5-8(4-6)12-1-2-13-11/h3-5,12H,1-2,11H2. The van der Waals surface area contributed by atoms with Gasteiger partial charge in [-0.3, -0.25) is 0 Å². The second-order valence-corrected chi connectivity index (χ2v) is 3.33. The Balaban J connectivity index is 2.56. The van der Waals surface area contributed by atoms with Gasteiger partial charge in [-0.2, -0.15) is 0 Å². The molecule has 3 nitrogen and oxygen atoms in total. The van der Waals surface area contributed by atoms with Gasteiger partial charge in [-0.15, -0.1) is 0 Å². The van der Waals surface area contributed by atoms with E-state index in [1.807, 2.05) is 0 Å². The van der Waals surface area contributed by atoms with E-state index in [0.29, 0.717) is 23.2 Å². The maximum atomic E-state index is 5.78. The summed E-state index contributed by atoms with van der Waals surface area (Å²) in [6.45, 7) is 1.05. The van der Waals surface area contributed by atoms with E-state index in [2.05, 4.69) is 10.2 Å². The molecule has 3 N–H and O–H groups in total. The van der Waals surface area contributed by atoms with Crippen LogP contribution in [0.2, 0.25) is 10.0 Å². The van der Waals surface area contributed by atoms with E-state index in [9.17, 15) is 0 Å². The first kappa shape index (κ1) is 10.6. The highest BCUT2D eigenvalue weighted by Gasteiger charge is 1.96. The lowest BCUT2D eigenvalue weighted by molar-refractivity contribution is 0.148. The Hall–Kier alpha value is -0.480. The summed E-state index contributed by atoms with van der Waals surface area (Å²) in [6, 6.07) is 5.24. The number of hydrogen-bond donors (Lipinski definition) is 2. The summed E-state index contributed by atoms with van der Waals surface area (Å²) < 4.78 is 0. The van der Waals surface area contributed by atoms with E-state index in [0.717, 1.165) is 5.69 Å². The van der Waals surface area contributed by atoms with E-state index in [1.54, 1.807) is 18.2 Å². The molecule has 0 radical (unpaired) electrons. The van der Waals surface area contributed by atoms with Crippen LogP contribution >= 0.6 is 23.2 Å². The van der Waals surface area contributed by atoms with E-state index in [1.165, 1.54) is 0 Å². The SMILES string of the molecule is NOCCNc1cc(Cl)cc(Cl)c1. The van der Waals surface area contributed by atoms with Crippen molar-refractivity contribution >= 4 is 28.9 Å². The molecule has 0 saturated heterocycles. The fraction of sp³-hybridized carbons (Fsp3) is 0.250. The molecular formula is C8H10Cl2N2O. The molecular weight excluding hydrogens is 211 g/mol. The molecule has 0 aromatic heterocycles. The third kappa shape index (κ3) is 3.83. The van der Waals surface area contributed by atoms with Crippen LogP contribution in [0.3, 0.4) is 0 Å². The lowest BCUT2D eigenvalue weighted by Crippen LogP contribution is -2.12. The Labute approximate surface area is 86.7 Å². The van der Waals surface area contributed by atoms with Gasteiger partial charge >= 0.3 is 0 Å². The van der Waals surface area contributed by atoms with Crippen molar-refractivity contribution in [3.05, 3.63) is 28.2 Å². The first-order valence-corrected chi connectivity index (χ1v) is 4.49. The number of nitrogens with one attached hydrogen (secondary N) is 1. The Morgan fingerprint density at radius 1 is 1.23 bits per heavy atom. The average molecular weight is 221 g/mol. The maximum Gasteiger partial charge on any atom is 0.0851 e. The second-order valence-electron chi connectivity index (χ2n) is 2.46. The summed E-state index contributed by atoms with van der Waals surface area (Å²) in [5.41, 5.74) is 0.856. The maximum absolute atomic E-state index is 5.78. The third-order valence-corrected chi connectivity index (χ3v) is 1.85. The number of anilines is 1. The molecule has 72 valence electrons. The van der Waals surface area contributed by atoms with Crippen molar-refractivity contribution in [2.75, 3.05) is 18.5 Å². The normalized spacial score (nSPS) is 10.1. The van der Waals surface area contributed by atoms with Crippen molar-refractivity contribution < 1.29 is 4.84 Å². The minimum absolute atomic E-state index is 0.435. The van der Waals surface area contributed by atoms with Gasteiger partial charge in [0.2, 0.25) is 0 Å². The molecule has 0 spiro atoms. The third-order valence-electron chi connectivity index (χ3n) is 1.41. The molecule has 0 atom stereocenters. The van der Waals surface area contributed by atoms with Crippen molar-refractivity contribution in [3.8, 4) is 0 Å². The van der Waals surface area contributed by atoms with Gasteiger partial charge in [0, 0.05) is 22.3 Å². The van der Waals surface area contributed by atoms with Gasteiger partial charge < -0.3 is 10.2 Å². The zero-order valence-corrected chi connectivity index (χ0v) is 8.40. The summed E-state index contributed by atoms with van der Waals surface area (Å²) >= 11 is 11.6. The molecule has 0 unspecified atom stereocenters. The fourth-order valence-corrected chi connectivity index (χ4v) is 1.44. The number of halogens is 2. The van der Waals surface area contributed by atoms with Crippen LogP contribution in [0.15, 0.2) is 18.2 Å². The first-order chi connectivity index (χ1) is 6.22. The van der Waals surface area contributed by atoms with Crippen LogP contribution in [0.4, 0.5) is 5.69 Å². The molecule has 0 heterocycles. The van der Waals surface area contributed by atoms with Crippen LogP contribution in [0.5, 0.6) is 0 Å². The van der Waals surface area contributed by atoms with Crippen LogP contribution in [0.25, 0.3) is 0 Å². The first-order valence-electron chi connectivity index (χ1n) is 3.74. The Bertz CT molecular complexity index is 261. The lowest BCUT2D eigenvalue weighted by atomic mass is 10.3. The predicted molar refractivity (Wildman–Crippen MR) is 55.1 cm³/mol. The van der Waals surface area contributed by atoms with Crippen LogP contribution in [-0.4, -0.2) is 13.2 Å². The van der Waals surface area contributed by atoms with E-state index >= 15 is 0 Å². The van der Waals surface area contributed by atoms with Crippen LogP contribution in [0.1, 0.15) is 0 Å². The molecule has 1 aromatic rings. The van der Waals surface area contributed by atoms with Crippen molar-refractivity contribution in [1.29, 1.82) is 0 Å². The number of benzene rings is 1. The highest BCUT2D eigenvalue weighted by Crippen LogP contribution is 2.21. The molecule has 0 aliphatic carbocycles. The molecule has 1 rings (SSSR count). The van der Waals surface area contributed by atoms with Crippen molar-refractivity contribution in [3.63, 3.8) is 0 Å². The summed E-state index contributed by atoms with van der Waals surface area (Å²) in [5, 5.41) is 4.25. The minimum atomic E-state index is 0.435. The molecule has 5 heteroatoms. The van der Waals surface area contributed by atoms with Gasteiger partial charge in [-0.1, -0.05) is 23.2 Å². The van der Waals surface area contributed by atoms with Gasteiger partial charge in [0.15, 0.2) is 0 Å². The number of nitrogens with two attached hydrogens (primary N) is 1. The zero-order chi connectivity index (χ0) is 9.68. The van der Waals surface area contributed by atoms with Crippen molar-refractivity contribution in [1.82, 2.24) is 0 Å². The predicted octanol–water partition coefficient (Wildman–Crippen LogP) is 2.30. The van der Waals surface area contributed by atoms with E-state index < -0.39 is 0 Å². The molecule has 0 fully saturated rings. The van der Waals surface area contributed by atoms with Crippen LogP contribution < -0.4 is 11.2 Å². The van der Waals surface area contributed by atoms with Gasteiger partial charge in [-0.05, 0) is 18.2 Å². The summed E-state index contributed by atoms with van der Waals surface area (Å²) in [5.74, 6) is 4.86. The Morgan fingerprint density at radius 3 is 2.38 bits per heavy atom. The van der Waals surface area contributed by atoms with E-state index in [-0.39, 0.29) is 0 Å². The van der Waals surface area contributed by atoms with Gasteiger partial charge in [-0.25, -0.2) is 5.90 Å². The topological polar surface area (TPSA) is 47.3 Å². The van der Waals surface area contributed by atoms with Crippen molar-refractivity contribution in [2.45, 2.75) is 0 Å². The van der Waals surface area contributed by atoms with Crippen molar-refractivity contribution in [2.24, 2.45) is 5.90 Å². The number of rotatable bonds is 4. The zero-order valence-electron chi connectivity index (χ0n) is 6.89. The Kier molecular flexibility index (Phi) is 4.32. The highest BCUT2D eigenvalue weighted by atomic mass is 35.5. The lowest BCUT2D eigenvalue weighted by Gasteiger charge is -2.05. The summed E-state index contributed by atoms with van der Waals surface area (Å²) in [7, 11) is 0. The fourth-order valence-electron chi connectivity index (χ4n) is 0.910. The summed E-state index contributed by atoms with van der Waals surface area (Å²) in [4.78, 5) is 4.40. The molecule has 0 aliphatic heterocycles. The smallest absolute Gasteiger partial charge is 0.0851 e. The largest absolute Gasteiger partial charge is 0.383 e. The van der Waals surface area contributed by atoms with Gasteiger partial charge in [0.1, 0.15) is 0 Å². The van der Waals surface area contributed by atoms with Crippen LogP contribution in [0, 0.1) is 0 Å². The molecule has 0 amide bonds. The number of hydrogen-bond acceptors (Lipinski definition) is 3. The van der Waals surface area contributed by atoms with E-state index in [4.69, 9.17) is 29.1 Å². The van der Waals surface area contributed by atoms with Gasteiger partial charge in [0.05, 0.1) is 6.61 Å².